The second kappa shape index (κ2) is 6.04. The van der Waals surface area contributed by atoms with E-state index in [1.165, 1.54) is 19.3 Å². The Kier molecular flexibility index (Phi) is 4.65. The Morgan fingerprint density at radius 1 is 1.44 bits per heavy atom. The van der Waals surface area contributed by atoms with Gasteiger partial charge in [0.25, 0.3) is 0 Å². The maximum absolute atomic E-state index is 6.33. The summed E-state index contributed by atoms with van der Waals surface area (Å²) in [7, 11) is 4.00. The molecule has 5 heteroatoms. The number of aromatic nitrogens is 2. The maximum Gasteiger partial charge on any atom is 0.0860 e. The molecule has 102 valence electrons. The summed E-state index contributed by atoms with van der Waals surface area (Å²) >= 11 is 6.33. The second-order valence-electron chi connectivity index (χ2n) is 5.15. The van der Waals surface area contributed by atoms with Gasteiger partial charge in [0.15, 0.2) is 0 Å². The van der Waals surface area contributed by atoms with Gasteiger partial charge in [-0.25, -0.2) is 0 Å². The minimum absolute atomic E-state index is 0.620. The molecule has 1 atom stereocenters. The lowest BCUT2D eigenvalue weighted by molar-refractivity contribution is 0.136. The Balaban J connectivity index is 2.10. The molecule has 2 rings (SSSR count). The van der Waals surface area contributed by atoms with Gasteiger partial charge in [-0.15, -0.1) is 0 Å². The molecule has 0 aromatic carbocycles. The molecule has 1 aromatic rings. The van der Waals surface area contributed by atoms with Crippen molar-refractivity contribution < 1.29 is 0 Å². The first-order valence-corrected chi connectivity index (χ1v) is 7.08. The minimum Gasteiger partial charge on any atom is -0.318 e. The summed E-state index contributed by atoms with van der Waals surface area (Å²) < 4.78 is 1.92. The van der Waals surface area contributed by atoms with Gasteiger partial charge < -0.3 is 5.32 Å². The molecule has 1 aliphatic rings. The first-order valence-electron chi connectivity index (χ1n) is 6.70. The number of nitrogens with one attached hydrogen (secondary N) is 1. The van der Waals surface area contributed by atoms with Gasteiger partial charge in [-0.1, -0.05) is 18.0 Å². The van der Waals surface area contributed by atoms with E-state index in [1.54, 1.807) is 0 Å². The lowest BCUT2D eigenvalue weighted by Crippen LogP contribution is -2.44. The number of aryl methyl sites for hydroxylation is 2. The van der Waals surface area contributed by atoms with E-state index in [9.17, 15) is 0 Å². The number of piperidine rings is 1. The summed E-state index contributed by atoms with van der Waals surface area (Å²) in [5.41, 5.74) is 2.06. The van der Waals surface area contributed by atoms with Gasteiger partial charge in [0, 0.05) is 26.2 Å². The average molecular weight is 271 g/mol. The van der Waals surface area contributed by atoms with E-state index in [-0.39, 0.29) is 0 Å². The molecule has 2 heterocycles. The van der Waals surface area contributed by atoms with Crippen LogP contribution in [0.3, 0.4) is 0 Å². The molecule has 18 heavy (non-hydrogen) atoms. The molecular weight excluding hydrogens is 248 g/mol. The van der Waals surface area contributed by atoms with Gasteiger partial charge in [0.2, 0.25) is 0 Å². The third-order valence-electron chi connectivity index (χ3n) is 3.80. The first kappa shape index (κ1) is 13.8. The van der Waals surface area contributed by atoms with Crippen LogP contribution in [0.2, 0.25) is 5.02 Å². The van der Waals surface area contributed by atoms with Crippen molar-refractivity contribution in [2.75, 3.05) is 20.1 Å². The van der Waals surface area contributed by atoms with Crippen LogP contribution in [0.5, 0.6) is 0 Å². The predicted octanol–water partition coefficient (Wildman–Crippen LogP) is 1.96. The van der Waals surface area contributed by atoms with E-state index in [4.69, 9.17) is 11.6 Å². The molecule has 1 aliphatic heterocycles. The number of nitrogens with zero attached hydrogens (tertiary/aromatic N) is 3. The molecule has 1 saturated heterocycles. The van der Waals surface area contributed by atoms with Crippen molar-refractivity contribution >= 4 is 11.6 Å². The van der Waals surface area contributed by atoms with E-state index in [0.717, 1.165) is 36.0 Å². The van der Waals surface area contributed by atoms with Crippen molar-refractivity contribution in [3.63, 3.8) is 0 Å². The topological polar surface area (TPSA) is 33.1 Å². The molecule has 0 radical (unpaired) electrons. The first-order chi connectivity index (χ1) is 8.63. The minimum atomic E-state index is 0.620. The van der Waals surface area contributed by atoms with Crippen LogP contribution < -0.4 is 5.32 Å². The fourth-order valence-electron chi connectivity index (χ4n) is 2.78. The number of likely N-dealkylation sites (N-methyl/N-ethyl adjacent to an activating group) is 1. The molecule has 4 nitrogen and oxygen atoms in total. The zero-order valence-electron chi connectivity index (χ0n) is 11.5. The molecule has 0 saturated carbocycles. The molecule has 1 aromatic heterocycles. The van der Waals surface area contributed by atoms with Gasteiger partial charge in [0.1, 0.15) is 0 Å². The average Bonchev–Trinajstić information content (AvgIpc) is 2.59. The summed E-state index contributed by atoms with van der Waals surface area (Å²) in [5.74, 6) is 0. The molecule has 1 fully saturated rings. The summed E-state index contributed by atoms with van der Waals surface area (Å²) in [6, 6.07) is 0.620. The monoisotopic (exact) mass is 270 g/mol. The summed E-state index contributed by atoms with van der Waals surface area (Å²) in [6.07, 6.45) is 3.89. The van der Waals surface area contributed by atoms with Crippen LogP contribution in [0, 0.1) is 6.92 Å². The molecule has 0 aliphatic carbocycles. The predicted molar refractivity (Wildman–Crippen MR) is 74.9 cm³/mol. The van der Waals surface area contributed by atoms with Crippen molar-refractivity contribution in [3.8, 4) is 0 Å². The Labute approximate surface area is 114 Å². The van der Waals surface area contributed by atoms with Crippen LogP contribution in [0.4, 0.5) is 0 Å². The van der Waals surface area contributed by atoms with E-state index in [0.29, 0.717) is 6.04 Å². The summed E-state index contributed by atoms with van der Waals surface area (Å²) in [6.45, 7) is 5.08. The largest absolute Gasteiger partial charge is 0.318 e. The van der Waals surface area contributed by atoms with Crippen LogP contribution in [0.1, 0.15) is 30.7 Å². The number of rotatable bonds is 4. The van der Waals surface area contributed by atoms with E-state index < -0.39 is 0 Å². The molecule has 0 bridgehead atoms. The Bertz CT molecular complexity index is 400. The highest BCUT2D eigenvalue weighted by molar-refractivity contribution is 6.31. The quantitative estimate of drug-likeness (QED) is 0.908. The van der Waals surface area contributed by atoms with Crippen LogP contribution >= 0.6 is 11.6 Å². The molecule has 1 unspecified atom stereocenters. The third-order valence-corrected chi connectivity index (χ3v) is 4.29. The summed E-state index contributed by atoms with van der Waals surface area (Å²) in [4.78, 5) is 2.53. The zero-order chi connectivity index (χ0) is 13.1. The van der Waals surface area contributed by atoms with Gasteiger partial charge in [-0.3, -0.25) is 9.58 Å². The zero-order valence-corrected chi connectivity index (χ0v) is 12.3. The molecule has 1 N–H and O–H groups in total. The number of hydrogen-bond acceptors (Lipinski definition) is 3. The normalized spacial score (nSPS) is 21.4. The van der Waals surface area contributed by atoms with Gasteiger partial charge >= 0.3 is 0 Å². The molecule has 0 amide bonds. The van der Waals surface area contributed by atoms with E-state index in [1.807, 2.05) is 25.7 Å². The Hall–Kier alpha value is -0.580. The van der Waals surface area contributed by atoms with Gasteiger partial charge in [0.05, 0.1) is 16.4 Å². The third kappa shape index (κ3) is 2.87. The SMILES string of the molecule is CNCC1CCCCN1Cc1c(Cl)c(C)nn1C. The second-order valence-corrected chi connectivity index (χ2v) is 5.53. The van der Waals surface area contributed by atoms with Crippen LogP contribution in [-0.2, 0) is 13.6 Å². The van der Waals surface area contributed by atoms with Crippen molar-refractivity contribution in [3.05, 3.63) is 16.4 Å². The number of halogens is 1. The van der Waals surface area contributed by atoms with Crippen LogP contribution in [-0.4, -0.2) is 40.9 Å². The Morgan fingerprint density at radius 2 is 2.22 bits per heavy atom. The summed E-state index contributed by atoms with van der Waals surface area (Å²) in [5, 5.41) is 8.51. The standard InChI is InChI=1S/C13H23ClN4/c1-10-13(14)12(17(3)16-10)9-18-7-5-4-6-11(18)8-15-2/h11,15H,4-9H2,1-3H3. The van der Waals surface area contributed by atoms with Crippen molar-refractivity contribution in [1.29, 1.82) is 0 Å². The highest BCUT2D eigenvalue weighted by Gasteiger charge is 2.24. The number of likely N-dealkylation sites (tertiary alicyclic amines) is 1. The van der Waals surface area contributed by atoms with Crippen molar-refractivity contribution in [1.82, 2.24) is 20.0 Å². The van der Waals surface area contributed by atoms with Gasteiger partial charge in [-0.05, 0) is 33.4 Å². The molecular formula is C13H23ClN4. The van der Waals surface area contributed by atoms with Crippen LogP contribution in [0.15, 0.2) is 0 Å². The Morgan fingerprint density at radius 3 is 2.83 bits per heavy atom. The highest BCUT2D eigenvalue weighted by Crippen LogP contribution is 2.24. The van der Waals surface area contributed by atoms with Crippen LogP contribution in [0.25, 0.3) is 0 Å². The lowest BCUT2D eigenvalue weighted by Gasteiger charge is -2.35. The van der Waals surface area contributed by atoms with Gasteiger partial charge in [-0.2, -0.15) is 5.10 Å². The highest BCUT2D eigenvalue weighted by atomic mass is 35.5. The number of hydrogen-bond donors (Lipinski definition) is 1. The van der Waals surface area contributed by atoms with Crippen molar-refractivity contribution in [2.45, 2.75) is 38.8 Å². The fourth-order valence-corrected chi connectivity index (χ4v) is 3.00. The lowest BCUT2D eigenvalue weighted by atomic mass is 10.0. The fraction of sp³-hybridized carbons (Fsp3) is 0.769. The maximum atomic E-state index is 6.33. The van der Waals surface area contributed by atoms with E-state index in [2.05, 4.69) is 15.3 Å². The van der Waals surface area contributed by atoms with Crippen molar-refractivity contribution in [2.24, 2.45) is 7.05 Å². The van der Waals surface area contributed by atoms with E-state index >= 15 is 0 Å². The smallest absolute Gasteiger partial charge is 0.0860 e. The molecule has 0 spiro atoms.